The Labute approximate surface area is 391 Å². The van der Waals surface area contributed by atoms with Crippen LogP contribution in [0.15, 0.2) is 101 Å². The van der Waals surface area contributed by atoms with Crippen molar-refractivity contribution in [3.8, 4) is 34.1 Å². The van der Waals surface area contributed by atoms with E-state index in [0.29, 0.717) is 40.3 Å². The molecular weight excluding hydrogens is 929 g/mol. The lowest BCUT2D eigenvalue weighted by Crippen LogP contribution is -2.31. The summed E-state index contributed by atoms with van der Waals surface area (Å²) in [7, 11) is -2.21. The van der Waals surface area contributed by atoms with Gasteiger partial charge in [-0.25, -0.2) is 22.4 Å². The van der Waals surface area contributed by atoms with Gasteiger partial charge in [0.15, 0.2) is 23.0 Å². The molecule has 1 unspecified atom stereocenters. The molecule has 1 saturated carbocycles. The first-order valence-corrected chi connectivity index (χ1v) is 25.6. The van der Waals surface area contributed by atoms with Crippen molar-refractivity contribution < 1.29 is 49.1 Å². The van der Waals surface area contributed by atoms with Crippen LogP contribution >= 0.6 is 0 Å². The fourth-order valence-corrected chi connectivity index (χ4v) is 10.6. The number of alkyl halides is 3. The lowest BCUT2D eigenvalue weighted by Gasteiger charge is -2.21. The normalized spacial score (nSPS) is 14.6. The number of benzene rings is 5. The van der Waals surface area contributed by atoms with E-state index in [4.69, 9.17) is 18.9 Å². The molecule has 0 bridgehead atoms. The molecule has 7 aromatic rings. The third kappa shape index (κ3) is 9.42. The van der Waals surface area contributed by atoms with Crippen LogP contribution in [0.3, 0.4) is 0 Å². The van der Waals surface area contributed by atoms with Gasteiger partial charge >= 0.3 is 17.6 Å². The second-order valence-corrected chi connectivity index (χ2v) is 20.4. The van der Waals surface area contributed by atoms with E-state index in [0.717, 1.165) is 41.9 Å². The summed E-state index contributed by atoms with van der Waals surface area (Å²) in [6.07, 6.45) is -0.535. The Bertz CT molecular complexity index is 3320. The lowest BCUT2D eigenvalue weighted by molar-refractivity contribution is -0.137. The number of aromatic nitrogens is 4. The molecule has 0 N–H and O–H groups in total. The topological polar surface area (TPSA) is 142 Å². The maximum Gasteiger partial charge on any atom is 0.416 e. The number of aryl methyl sites for hydroxylation is 1. The minimum Gasteiger partial charge on any atom is -0.493 e. The summed E-state index contributed by atoms with van der Waals surface area (Å²) in [5, 5.41) is 0. The first-order valence-electron chi connectivity index (χ1n) is 21.8. The molecule has 1 aliphatic rings. The van der Waals surface area contributed by atoms with Crippen molar-refractivity contribution in [2.45, 2.75) is 64.1 Å². The van der Waals surface area contributed by atoms with Crippen LogP contribution in [0, 0.1) is 5.82 Å². The zero-order chi connectivity index (χ0) is 48.8. The number of nitrogens with zero attached hydrogens (tertiary/aromatic N) is 4. The number of hydrogen-bond acceptors (Lipinski definition) is 9. The molecule has 0 saturated heterocycles. The number of fused-ring (bicyclic) bond motifs is 2. The van der Waals surface area contributed by atoms with Crippen LogP contribution in [-0.2, 0) is 40.0 Å². The van der Waals surface area contributed by atoms with E-state index in [1.165, 1.54) is 37.0 Å². The van der Waals surface area contributed by atoms with Crippen molar-refractivity contribution in [3.05, 3.63) is 140 Å². The van der Waals surface area contributed by atoms with Gasteiger partial charge in [0.1, 0.15) is 22.3 Å². The first-order chi connectivity index (χ1) is 32.4. The number of methoxy groups -OCH3 is 2. The van der Waals surface area contributed by atoms with E-state index in [1.54, 1.807) is 70.8 Å². The summed E-state index contributed by atoms with van der Waals surface area (Å²) in [6.45, 7) is 3.53. The van der Waals surface area contributed by atoms with Crippen molar-refractivity contribution in [3.63, 3.8) is 0 Å². The van der Waals surface area contributed by atoms with Crippen molar-refractivity contribution in [2.75, 3.05) is 44.8 Å². The molecule has 19 heteroatoms. The monoisotopic (exact) mass is 978 g/mol. The van der Waals surface area contributed by atoms with Crippen LogP contribution < -0.4 is 30.3 Å². The highest BCUT2D eigenvalue weighted by atomic mass is 32.2. The van der Waals surface area contributed by atoms with Crippen molar-refractivity contribution in [1.82, 2.24) is 18.3 Å². The van der Waals surface area contributed by atoms with Gasteiger partial charge in [-0.3, -0.25) is 22.5 Å². The molecule has 5 aromatic carbocycles. The molecular formula is C49H50F4N4O9S2. The second kappa shape index (κ2) is 19.0. The molecule has 0 aliphatic heterocycles. The molecule has 2 heterocycles. The molecule has 0 amide bonds. The molecule has 1 fully saturated rings. The van der Waals surface area contributed by atoms with Gasteiger partial charge in [-0.05, 0) is 98.0 Å². The van der Waals surface area contributed by atoms with Gasteiger partial charge < -0.3 is 18.9 Å². The van der Waals surface area contributed by atoms with E-state index in [9.17, 15) is 35.4 Å². The van der Waals surface area contributed by atoms with E-state index in [-0.39, 0.29) is 69.9 Å². The van der Waals surface area contributed by atoms with Crippen LogP contribution in [0.4, 0.5) is 17.6 Å². The maximum atomic E-state index is 16.8. The van der Waals surface area contributed by atoms with Crippen LogP contribution in [-0.4, -0.2) is 75.7 Å². The van der Waals surface area contributed by atoms with Crippen molar-refractivity contribution >= 4 is 42.7 Å². The first kappa shape index (κ1) is 48.1. The predicted molar refractivity (Wildman–Crippen MR) is 253 cm³/mol. The number of rotatable bonds is 18. The molecule has 0 spiro atoms. The summed E-state index contributed by atoms with van der Waals surface area (Å²) in [6, 6.07) is 21.0. The zero-order valence-electron chi connectivity index (χ0n) is 38.1. The van der Waals surface area contributed by atoms with E-state index in [2.05, 4.69) is 0 Å². The molecule has 3 atom stereocenters. The smallest absolute Gasteiger partial charge is 0.416 e. The Morgan fingerprint density at radius 2 is 1.37 bits per heavy atom. The van der Waals surface area contributed by atoms with Gasteiger partial charge in [0.2, 0.25) is 0 Å². The fourth-order valence-electron chi connectivity index (χ4n) is 8.86. The summed E-state index contributed by atoms with van der Waals surface area (Å²) in [5.74, 6) is 0.258. The molecule has 360 valence electrons. The highest BCUT2D eigenvalue weighted by Gasteiger charge is 2.34. The molecule has 8 rings (SSSR count). The standard InChI is InChI=1S/C49H50F4N4O9S2/c1-7-54-38-25-33(49(51,52)53)15-19-36(38)57(47(54)58)41(28-68(6,61)62)31-14-21-43(64-4)45(24-31)66-26-32-10-9-11-35(46(32)50)29-12-18-37-39(22-29)55(34-16-17-34)48(59)56(37)40(27-67(5)60)30-13-20-42(63-3)44(23-30)65-8-2/h9-15,18-25,34,40-41H,7-8,16-17,26-28H2,1-6H3/t40-,41-,67?/m0/s1. The van der Waals surface area contributed by atoms with Crippen LogP contribution in [0.25, 0.3) is 33.2 Å². The molecule has 13 nitrogen and oxygen atoms in total. The van der Waals surface area contributed by atoms with Gasteiger partial charge in [0.05, 0.1) is 66.3 Å². The minimum atomic E-state index is -4.68. The fraction of sp³-hybridized carbons (Fsp3) is 0.347. The average molecular weight is 979 g/mol. The Hall–Kier alpha value is -6.34. The molecule has 68 heavy (non-hydrogen) atoms. The largest absolute Gasteiger partial charge is 0.493 e. The zero-order valence-corrected chi connectivity index (χ0v) is 39.8. The maximum absolute atomic E-state index is 16.8. The van der Waals surface area contributed by atoms with Crippen LogP contribution in [0.1, 0.15) is 67.1 Å². The minimum absolute atomic E-state index is 0.0120. The predicted octanol–water partition coefficient (Wildman–Crippen LogP) is 8.70. The average Bonchev–Trinajstić information content (AvgIpc) is 4.03. The van der Waals surface area contributed by atoms with Gasteiger partial charge in [-0.15, -0.1) is 0 Å². The molecule has 1 aliphatic carbocycles. The Morgan fingerprint density at radius 1 is 0.750 bits per heavy atom. The molecule has 0 radical (unpaired) electrons. The van der Waals surface area contributed by atoms with Gasteiger partial charge in [-0.1, -0.05) is 36.4 Å². The SMILES string of the molecule is CCOc1cc([C@H](CS(C)=O)n2c(=O)n(C3CC3)c3cc(-c4cccc(COc5cc([C@H](CS(C)(=O)=O)n6c(=O)n(CC)c7cc(C(F)(F)F)ccc76)ccc5OC)c4F)ccc32)ccc1OC. The summed E-state index contributed by atoms with van der Waals surface area (Å²) in [5.41, 5.74) is 1.17. The summed E-state index contributed by atoms with van der Waals surface area (Å²) >= 11 is 0. The quantitative estimate of drug-likeness (QED) is 0.0773. The highest BCUT2D eigenvalue weighted by Crippen LogP contribution is 2.41. The number of hydrogen-bond donors (Lipinski definition) is 0. The van der Waals surface area contributed by atoms with Crippen molar-refractivity contribution in [1.29, 1.82) is 0 Å². The van der Waals surface area contributed by atoms with E-state index >= 15 is 4.39 Å². The Kier molecular flexibility index (Phi) is 13.4. The third-order valence-corrected chi connectivity index (χ3v) is 13.8. The Balaban J connectivity index is 1.15. The third-order valence-electron chi connectivity index (χ3n) is 12.1. The van der Waals surface area contributed by atoms with Crippen LogP contribution in [0.2, 0.25) is 0 Å². The van der Waals surface area contributed by atoms with E-state index < -0.39 is 61.7 Å². The highest BCUT2D eigenvalue weighted by molar-refractivity contribution is 7.90. The van der Waals surface area contributed by atoms with E-state index in [1.807, 2.05) is 13.0 Å². The number of ether oxygens (including phenoxy) is 4. The van der Waals surface area contributed by atoms with Gasteiger partial charge in [0, 0.05) is 52.8 Å². The van der Waals surface area contributed by atoms with Crippen molar-refractivity contribution in [2.24, 2.45) is 0 Å². The Morgan fingerprint density at radius 3 is 1.96 bits per heavy atom. The summed E-state index contributed by atoms with van der Waals surface area (Å²) < 4.78 is 126. The van der Waals surface area contributed by atoms with Gasteiger partial charge in [0.25, 0.3) is 0 Å². The lowest BCUT2D eigenvalue weighted by atomic mass is 10.0. The van der Waals surface area contributed by atoms with Crippen LogP contribution in [0.5, 0.6) is 23.0 Å². The number of halogens is 4. The number of imidazole rings is 2. The second-order valence-electron chi connectivity index (χ2n) is 16.7. The summed E-state index contributed by atoms with van der Waals surface area (Å²) in [4.78, 5) is 28.4. The molecule has 2 aromatic heterocycles. The van der Waals surface area contributed by atoms with Gasteiger partial charge in [-0.2, -0.15) is 13.2 Å². The number of sulfone groups is 1.